The van der Waals surface area contributed by atoms with Crippen LogP contribution in [0.4, 0.5) is 26.3 Å². The summed E-state index contributed by atoms with van der Waals surface area (Å²) in [6, 6.07) is 3.63. The van der Waals surface area contributed by atoms with Crippen LogP contribution in [0.2, 0.25) is 5.02 Å². The number of alkyl halides is 6. The molecular weight excluding hydrogens is 298 g/mol. The monoisotopic (exact) mass is 302 g/mol. The van der Waals surface area contributed by atoms with Crippen LogP contribution < -0.4 is 0 Å². The molecule has 0 aliphatic carbocycles. The molecule has 0 N–H and O–H groups in total. The van der Waals surface area contributed by atoms with Gasteiger partial charge in [-0.2, -0.15) is 26.3 Å². The molecule has 0 saturated heterocycles. The van der Waals surface area contributed by atoms with E-state index in [9.17, 15) is 26.3 Å². The summed E-state index contributed by atoms with van der Waals surface area (Å²) in [4.78, 5) is 3.17. The molecule has 0 radical (unpaired) electrons. The summed E-state index contributed by atoms with van der Waals surface area (Å²) in [5.41, 5.74) is -0.613. The smallest absolute Gasteiger partial charge is 0.311 e. The lowest BCUT2D eigenvalue weighted by molar-refractivity contribution is -0.160. The van der Waals surface area contributed by atoms with Crippen molar-refractivity contribution in [3.63, 3.8) is 0 Å². The van der Waals surface area contributed by atoms with Gasteiger partial charge in [0.15, 0.2) is 0 Å². The normalized spacial score (nSPS) is 13.2. The molecule has 1 aromatic heterocycles. The maximum Gasteiger partial charge on any atom is 0.449 e. The van der Waals surface area contributed by atoms with Gasteiger partial charge >= 0.3 is 12.4 Å². The Kier molecular flexibility index (Phi) is 3.16. The first kappa shape index (κ1) is 14.0. The molecule has 2 aromatic rings. The Balaban J connectivity index is 2.73. The van der Waals surface area contributed by atoms with Gasteiger partial charge in [-0.15, -0.1) is 0 Å². The fourth-order valence-corrected chi connectivity index (χ4v) is 1.88. The van der Waals surface area contributed by atoms with Gasteiger partial charge < -0.3 is 4.57 Å². The van der Waals surface area contributed by atoms with E-state index < -0.39 is 24.7 Å². The second-order valence-electron chi connectivity index (χ2n) is 3.74. The lowest BCUT2D eigenvalue weighted by atomic mass is 10.3. The van der Waals surface area contributed by atoms with Crippen LogP contribution in [0.5, 0.6) is 0 Å². The molecule has 0 unspecified atom stereocenters. The summed E-state index contributed by atoms with van der Waals surface area (Å²) in [5.74, 6) is -1.62. The first-order chi connectivity index (χ1) is 8.59. The van der Waals surface area contributed by atoms with E-state index in [0.29, 0.717) is 0 Å². The van der Waals surface area contributed by atoms with Crippen molar-refractivity contribution in [1.82, 2.24) is 9.55 Å². The van der Waals surface area contributed by atoms with Gasteiger partial charge in [0.05, 0.1) is 10.5 Å². The highest BCUT2D eigenvalue weighted by Gasteiger charge is 2.41. The van der Waals surface area contributed by atoms with Crippen LogP contribution in [0.25, 0.3) is 11.0 Å². The third kappa shape index (κ3) is 2.78. The minimum Gasteiger partial charge on any atom is -0.311 e. The Morgan fingerprint density at radius 2 is 1.74 bits per heavy atom. The highest BCUT2D eigenvalue weighted by atomic mass is 35.5. The number of halogens is 7. The van der Waals surface area contributed by atoms with E-state index in [2.05, 4.69) is 4.98 Å². The molecule has 0 saturated carbocycles. The first-order valence-corrected chi connectivity index (χ1v) is 5.26. The molecule has 1 heterocycles. The standard InChI is InChI=1S/C10H5ClF6N2/c11-5-2-1-3-6-7(5)18-8(10(15,16)17)19(6)4-9(12,13)14/h1-3H,4H2. The Morgan fingerprint density at radius 3 is 2.26 bits per heavy atom. The summed E-state index contributed by atoms with van der Waals surface area (Å²) in [7, 11) is 0. The van der Waals surface area contributed by atoms with Gasteiger partial charge in [-0.3, -0.25) is 0 Å². The van der Waals surface area contributed by atoms with Gasteiger partial charge in [-0.25, -0.2) is 4.98 Å². The first-order valence-electron chi connectivity index (χ1n) is 4.88. The third-order valence-electron chi connectivity index (χ3n) is 2.32. The van der Waals surface area contributed by atoms with E-state index in [4.69, 9.17) is 11.6 Å². The number of hydrogen-bond donors (Lipinski definition) is 0. The molecule has 9 heteroatoms. The van der Waals surface area contributed by atoms with Crippen LogP contribution in [0.3, 0.4) is 0 Å². The number of fused-ring (bicyclic) bond motifs is 1. The van der Waals surface area contributed by atoms with Crippen molar-refractivity contribution in [2.45, 2.75) is 18.9 Å². The van der Waals surface area contributed by atoms with Crippen molar-refractivity contribution in [1.29, 1.82) is 0 Å². The van der Waals surface area contributed by atoms with Crippen LogP contribution in [-0.2, 0) is 12.7 Å². The molecule has 104 valence electrons. The second-order valence-corrected chi connectivity index (χ2v) is 4.15. The molecule has 2 rings (SSSR count). The summed E-state index contributed by atoms with van der Waals surface area (Å²) < 4.78 is 75.3. The van der Waals surface area contributed by atoms with Crippen LogP contribution in [0.15, 0.2) is 18.2 Å². The van der Waals surface area contributed by atoms with Gasteiger partial charge in [0.1, 0.15) is 12.1 Å². The Morgan fingerprint density at radius 1 is 1.11 bits per heavy atom. The summed E-state index contributed by atoms with van der Waals surface area (Å²) in [6.07, 6.45) is -9.79. The van der Waals surface area contributed by atoms with Gasteiger partial charge in [0, 0.05) is 0 Å². The van der Waals surface area contributed by atoms with E-state index in [0.717, 1.165) is 6.07 Å². The van der Waals surface area contributed by atoms with Gasteiger partial charge in [-0.1, -0.05) is 17.7 Å². The van der Waals surface area contributed by atoms with E-state index in [1.807, 2.05) is 0 Å². The lowest BCUT2D eigenvalue weighted by Gasteiger charge is -2.13. The molecule has 2 nitrogen and oxygen atoms in total. The molecule has 1 aromatic carbocycles. The zero-order chi connectivity index (χ0) is 14.4. The van der Waals surface area contributed by atoms with Crippen LogP contribution in [-0.4, -0.2) is 15.7 Å². The van der Waals surface area contributed by atoms with E-state index in [1.54, 1.807) is 0 Å². The quantitative estimate of drug-likeness (QED) is 0.719. The van der Waals surface area contributed by atoms with E-state index in [1.165, 1.54) is 12.1 Å². The molecule has 0 atom stereocenters. The van der Waals surface area contributed by atoms with Crippen LogP contribution >= 0.6 is 11.6 Å². The molecule has 19 heavy (non-hydrogen) atoms. The van der Waals surface area contributed by atoms with E-state index >= 15 is 0 Å². The number of nitrogens with zero attached hydrogens (tertiary/aromatic N) is 2. The maximum atomic E-state index is 12.7. The van der Waals surface area contributed by atoms with Crippen molar-refractivity contribution in [2.75, 3.05) is 0 Å². The largest absolute Gasteiger partial charge is 0.449 e. The number of aromatic nitrogens is 2. The number of benzene rings is 1. The summed E-state index contributed by atoms with van der Waals surface area (Å²) in [6.45, 7) is -1.78. The molecule has 0 aliphatic rings. The van der Waals surface area contributed by atoms with Crippen LogP contribution in [0.1, 0.15) is 5.82 Å². The molecular formula is C10H5ClF6N2. The highest BCUT2D eigenvalue weighted by Crippen LogP contribution is 2.35. The number of imidazole rings is 1. The number of hydrogen-bond acceptors (Lipinski definition) is 1. The van der Waals surface area contributed by atoms with Crippen molar-refractivity contribution in [2.24, 2.45) is 0 Å². The zero-order valence-electron chi connectivity index (χ0n) is 8.98. The topological polar surface area (TPSA) is 17.8 Å². The van der Waals surface area contributed by atoms with Gasteiger partial charge in [-0.05, 0) is 12.1 Å². The Bertz CT molecular complexity index is 613. The van der Waals surface area contributed by atoms with Crippen molar-refractivity contribution < 1.29 is 26.3 Å². The maximum absolute atomic E-state index is 12.7. The zero-order valence-corrected chi connectivity index (χ0v) is 9.74. The number of para-hydroxylation sites is 1. The second kappa shape index (κ2) is 4.29. The average molecular weight is 303 g/mol. The molecule has 0 amide bonds. The fourth-order valence-electron chi connectivity index (χ4n) is 1.67. The average Bonchev–Trinajstić information content (AvgIpc) is 2.56. The molecule has 0 aliphatic heterocycles. The molecule has 0 fully saturated rings. The van der Waals surface area contributed by atoms with Crippen molar-refractivity contribution in [3.05, 3.63) is 29.0 Å². The molecule has 0 bridgehead atoms. The number of rotatable bonds is 1. The van der Waals surface area contributed by atoms with Gasteiger partial charge in [0.25, 0.3) is 0 Å². The predicted octanol–water partition coefficient (Wildman–Crippen LogP) is 4.27. The van der Waals surface area contributed by atoms with Gasteiger partial charge in [0.2, 0.25) is 5.82 Å². The van der Waals surface area contributed by atoms with Crippen molar-refractivity contribution in [3.8, 4) is 0 Å². The lowest BCUT2D eigenvalue weighted by Crippen LogP contribution is -2.23. The SMILES string of the molecule is FC(F)(F)Cn1c(C(F)(F)F)nc2c(Cl)cccc21. The Labute approximate surface area is 107 Å². The highest BCUT2D eigenvalue weighted by molar-refractivity contribution is 6.34. The summed E-state index contributed by atoms with van der Waals surface area (Å²) >= 11 is 5.64. The van der Waals surface area contributed by atoms with E-state index in [-0.39, 0.29) is 20.6 Å². The van der Waals surface area contributed by atoms with Crippen LogP contribution in [0, 0.1) is 0 Å². The minimum atomic E-state index is -4.99. The molecule has 0 spiro atoms. The predicted molar refractivity (Wildman–Crippen MR) is 55.8 cm³/mol. The fraction of sp³-hybridized carbons (Fsp3) is 0.300. The minimum absolute atomic E-state index is 0.0706. The summed E-state index contributed by atoms with van der Waals surface area (Å²) in [5, 5.41) is -0.135. The van der Waals surface area contributed by atoms with Crippen molar-refractivity contribution >= 4 is 22.6 Å². The third-order valence-corrected chi connectivity index (χ3v) is 2.63. The Hall–Kier alpha value is -1.44.